The molecule has 1 aliphatic rings. The van der Waals surface area contributed by atoms with Crippen LogP contribution in [0.25, 0.3) is 0 Å². The van der Waals surface area contributed by atoms with E-state index in [1.165, 1.54) is 0 Å². The van der Waals surface area contributed by atoms with E-state index in [1.54, 1.807) is 0 Å². The van der Waals surface area contributed by atoms with Crippen LogP contribution >= 0.6 is 0 Å². The SMILES string of the molecule is CC(C)CC(C)N(C)C(=O)CN1CCCC(CCC(=O)O)C1. The fourth-order valence-electron chi connectivity index (χ4n) is 3.25. The Morgan fingerprint density at radius 1 is 1.32 bits per heavy atom. The quantitative estimate of drug-likeness (QED) is 0.748. The van der Waals surface area contributed by atoms with E-state index < -0.39 is 5.97 Å². The number of carboxylic acid groups (broad SMARTS) is 1. The van der Waals surface area contributed by atoms with Crippen LogP contribution in [-0.2, 0) is 9.59 Å². The first-order valence-electron chi connectivity index (χ1n) is 8.49. The maximum atomic E-state index is 12.4. The van der Waals surface area contributed by atoms with Gasteiger partial charge in [0, 0.05) is 26.1 Å². The van der Waals surface area contributed by atoms with Gasteiger partial charge < -0.3 is 10.0 Å². The van der Waals surface area contributed by atoms with Gasteiger partial charge >= 0.3 is 5.97 Å². The summed E-state index contributed by atoms with van der Waals surface area (Å²) in [6.45, 7) is 8.71. The van der Waals surface area contributed by atoms with Crippen molar-refractivity contribution in [3.05, 3.63) is 0 Å². The molecule has 0 spiro atoms. The third-order valence-corrected chi connectivity index (χ3v) is 4.60. The van der Waals surface area contributed by atoms with Crippen molar-refractivity contribution in [2.75, 3.05) is 26.7 Å². The highest BCUT2D eigenvalue weighted by Gasteiger charge is 2.24. The molecule has 1 aliphatic heterocycles. The minimum atomic E-state index is -0.726. The molecule has 2 atom stereocenters. The number of likely N-dealkylation sites (tertiary alicyclic amines) is 1. The van der Waals surface area contributed by atoms with E-state index in [-0.39, 0.29) is 18.4 Å². The zero-order chi connectivity index (χ0) is 16.7. The Morgan fingerprint density at radius 3 is 2.59 bits per heavy atom. The lowest BCUT2D eigenvalue weighted by Gasteiger charge is -2.34. The summed E-state index contributed by atoms with van der Waals surface area (Å²) in [7, 11) is 1.89. The maximum absolute atomic E-state index is 12.4. The Morgan fingerprint density at radius 2 is 2.00 bits per heavy atom. The van der Waals surface area contributed by atoms with Gasteiger partial charge in [0.05, 0.1) is 6.54 Å². The fourth-order valence-corrected chi connectivity index (χ4v) is 3.25. The second kappa shape index (κ2) is 9.13. The molecule has 0 saturated carbocycles. The van der Waals surface area contributed by atoms with E-state index >= 15 is 0 Å². The zero-order valence-electron chi connectivity index (χ0n) is 14.5. The largest absolute Gasteiger partial charge is 0.481 e. The van der Waals surface area contributed by atoms with E-state index in [2.05, 4.69) is 25.7 Å². The van der Waals surface area contributed by atoms with Crippen molar-refractivity contribution in [1.29, 1.82) is 0 Å². The molecule has 0 aliphatic carbocycles. The molecule has 22 heavy (non-hydrogen) atoms. The smallest absolute Gasteiger partial charge is 0.303 e. The molecule has 1 N–H and O–H groups in total. The average Bonchev–Trinajstić information content (AvgIpc) is 2.43. The Kier molecular flexibility index (Phi) is 7.87. The summed E-state index contributed by atoms with van der Waals surface area (Å²) in [5.74, 6) is 0.444. The third kappa shape index (κ3) is 6.77. The molecule has 0 aromatic carbocycles. The first-order chi connectivity index (χ1) is 10.3. The van der Waals surface area contributed by atoms with Crippen LogP contribution < -0.4 is 0 Å². The lowest BCUT2D eigenvalue weighted by atomic mass is 9.93. The molecule has 1 rings (SSSR count). The first kappa shape index (κ1) is 18.9. The molecule has 5 nitrogen and oxygen atoms in total. The van der Waals surface area contributed by atoms with E-state index in [0.717, 1.165) is 38.8 Å². The number of carbonyl (C=O) groups is 2. The normalized spacial score (nSPS) is 20.9. The number of nitrogens with zero attached hydrogens (tertiary/aromatic N) is 2. The number of amides is 1. The van der Waals surface area contributed by atoms with Gasteiger partial charge in [-0.25, -0.2) is 0 Å². The van der Waals surface area contributed by atoms with Gasteiger partial charge in [-0.2, -0.15) is 0 Å². The summed E-state index contributed by atoms with van der Waals surface area (Å²) in [6.07, 6.45) is 4.11. The van der Waals surface area contributed by atoms with Crippen molar-refractivity contribution >= 4 is 11.9 Å². The summed E-state index contributed by atoms with van der Waals surface area (Å²) in [4.78, 5) is 27.1. The highest BCUT2D eigenvalue weighted by Crippen LogP contribution is 2.21. The highest BCUT2D eigenvalue weighted by atomic mass is 16.4. The van der Waals surface area contributed by atoms with Crippen molar-refractivity contribution in [3.63, 3.8) is 0 Å². The molecule has 2 unspecified atom stereocenters. The number of hydrogen-bond donors (Lipinski definition) is 1. The minimum absolute atomic E-state index is 0.173. The first-order valence-corrected chi connectivity index (χ1v) is 8.49. The second-order valence-electron chi connectivity index (χ2n) is 7.16. The van der Waals surface area contributed by atoms with Crippen molar-refractivity contribution in [1.82, 2.24) is 9.80 Å². The minimum Gasteiger partial charge on any atom is -0.481 e. The number of likely N-dealkylation sites (N-methyl/N-ethyl adjacent to an activating group) is 1. The second-order valence-corrected chi connectivity index (χ2v) is 7.16. The molecule has 0 radical (unpaired) electrons. The van der Waals surface area contributed by atoms with Crippen molar-refractivity contribution in [3.8, 4) is 0 Å². The lowest BCUT2D eigenvalue weighted by molar-refractivity contribution is -0.138. The number of carbonyl (C=O) groups excluding carboxylic acids is 1. The van der Waals surface area contributed by atoms with Gasteiger partial charge in [0.15, 0.2) is 0 Å². The standard InChI is InChI=1S/C17H32N2O3/c1-13(2)10-14(3)18(4)16(20)12-19-9-5-6-15(11-19)7-8-17(21)22/h13-15H,5-12H2,1-4H3,(H,21,22). The van der Waals surface area contributed by atoms with Gasteiger partial charge in [-0.15, -0.1) is 0 Å². The Balaban J connectivity index is 2.41. The predicted octanol–water partition coefficient (Wildman–Crippen LogP) is 2.46. The van der Waals surface area contributed by atoms with Gasteiger partial charge in [-0.1, -0.05) is 13.8 Å². The van der Waals surface area contributed by atoms with Gasteiger partial charge in [-0.05, 0) is 51.0 Å². The molecular formula is C17H32N2O3. The summed E-state index contributed by atoms with van der Waals surface area (Å²) >= 11 is 0. The average molecular weight is 312 g/mol. The molecule has 0 aromatic rings. The number of rotatable bonds is 8. The van der Waals surface area contributed by atoms with E-state index in [0.29, 0.717) is 18.4 Å². The van der Waals surface area contributed by atoms with E-state index in [4.69, 9.17) is 5.11 Å². The Hall–Kier alpha value is -1.10. The number of aliphatic carboxylic acids is 1. The van der Waals surface area contributed by atoms with Crippen LogP contribution in [0.3, 0.4) is 0 Å². The third-order valence-electron chi connectivity index (χ3n) is 4.60. The molecular weight excluding hydrogens is 280 g/mol. The van der Waals surface area contributed by atoms with Crippen LogP contribution in [0.4, 0.5) is 0 Å². The van der Waals surface area contributed by atoms with Crippen LogP contribution in [0, 0.1) is 11.8 Å². The molecule has 128 valence electrons. The van der Waals surface area contributed by atoms with Crippen LogP contribution in [0.2, 0.25) is 0 Å². The summed E-state index contributed by atoms with van der Waals surface area (Å²) < 4.78 is 0. The number of carboxylic acids is 1. The molecule has 1 heterocycles. The van der Waals surface area contributed by atoms with Crippen LogP contribution in [0.15, 0.2) is 0 Å². The van der Waals surface area contributed by atoms with Crippen LogP contribution in [0.1, 0.15) is 52.9 Å². The molecule has 1 fully saturated rings. The fraction of sp³-hybridized carbons (Fsp3) is 0.882. The van der Waals surface area contributed by atoms with Crippen molar-refractivity contribution in [2.24, 2.45) is 11.8 Å². The highest BCUT2D eigenvalue weighted by molar-refractivity contribution is 5.78. The van der Waals surface area contributed by atoms with Crippen molar-refractivity contribution < 1.29 is 14.7 Å². The lowest BCUT2D eigenvalue weighted by Crippen LogP contribution is -2.45. The van der Waals surface area contributed by atoms with Gasteiger partial charge in [-0.3, -0.25) is 14.5 Å². The van der Waals surface area contributed by atoms with Crippen molar-refractivity contribution in [2.45, 2.75) is 58.9 Å². The monoisotopic (exact) mass is 312 g/mol. The molecule has 0 aromatic heterocycles. The zero-order valence-corrected chi connectivity index (χ0v) is 14.5. The summed E-state index contributed by atoms with van der Waals surface area (Å²) in [5, 5.41) is 8.79. The summed E-state index contributed by atoms with van der Waals surface area (Å²) in [5.41, 5.74) is 0. The molecule has 1 saturated heterocycles. The summed E-state index contributed by atoms with van der Waals surface area (Å²) in [6, 6.07) is 0.264. The maximum Gasteiger partial charge on any atom is 0.303 e. The number of hydrogen-bond acceptors (Lipinski definition) is 3. The van der Waals surface area contributed by atoms with Crippen LogP contribution in [-0.4, -0.2) is 59.5 Å². The number of piperidine rings is 1. The molecule has 5 heteroatoms. The van der Waals surface area contributed by atoms with E-state index in [9.17, 15) is 9.59 Å². The van der Waals surface area contributed by atoms with Gasteiger partial charge in [0.1, 0.15) is 0 Å². The Labute approximate surface area is 134 Å². The van der Waals surface area contributed by atoms with Crippen LogP contribution in [0.5, 0.6) is 0 Å². The van der Waals surface area contributed by atoms with Gasteiger partial charge in [0.2, 0.25) is 5.91 Å². The molecule has 0 bridgehead atoms. The van der Waals surface area contributed by atoms with E-state index in [1.807, 2.05) is 11.9 Å². The predicted molar refractivity (Wildman–Crippen MR) is 87.7 cm³/mol. The molecule has 1 amide bonds. The van der Waals surface area contributed by atoms with Gasteiger partial charge in [0.25, 0.3) is 0 Å². The Bertz CT molecular complexity index is 371. The topological polar surface area (TPSA) is 60.9 Å².